The molecule has 172 valence electrons. The van der Waals surface area contributed by atoms with Crippen molar-refractivity contribution in [3.8, 4) is 0 Å². The summed E-state index contributed by atoms with van der Waals surface area (Å²) in [7, 11) is 0. The molecule has 0 saturated carbocycles. The molecule has 0 bridgehead atoms. The van der Waals surface area contributed by atoms with Gasteiger partial charge in [0.2, 0.25) is 0 Å². The van der Waals surface area contributed by atoms with Gasteiger partial charge in [0, 0.05) is 48.9 Å². The van der Waals surface area contributed by atoms with Crippen molar-refractivity contribution in [2.75, 3.05) is 26.2 Å². The molecule has 4 rings (SSSR count). The number of aromatic nitrogens is 1. The standard InChI is InChI=1S/C22H20FN5O3.H4N2/c23-16-7-6-14(20(24)25)18-17(16)15(12-26-18)19(29)22(31)28-10-8-27(9-11-28)21(30)13-4-2-1-3-5-13;1-2/h1-7,12,26H,8-11H2,(H3,24,25);1-2H2. The first-order chi connectivity index (χ1) is 15.9. The molecule has 0 spiro atoms. The molecular weight excluding hydrogens is 429 g/mol. The molecule has 33 heavy (non-hydrogen) atoms. The number of amides is 2. The highest BCUT2D eigenvalue weighted by Crippen LogP contribution is 2.26. The van der Waals surface area contributed by atoms with Crippen molar-refractivity contribution >= 4 is 34.3 Å². The van der Waals surface area contributed by atoms with Gasteiger partial charge in [-0.2, -0.15) is 0 Å². The summed E-state index contributed by atoms with van der Waals surface area (Å²) in [5, 5.41) is 7.54. The number of aromatic amines is 1. The number of ketones is 1. The van der Waals surface area contributed by atoms with Crippen LogP contribution in [0.3, 0.4) is 0 Å². The number of Topliss-reactive ketones (excluding diaryl/α,β-unsaturated/α-hetero) is 1. The molecule has 0 unspecified atom stereocenters. The number of H-pyrrole nitrogens is 1. The van der Waals surface area contributed by atoms with Gasteiger partial charge in [0.05, 0.1) is 11.1 Å². The number of carbonyl (C=O) groups excluding carboxylic acids is 3. The molecule has 0 radical (unpaired) electrons. The van der Waals surface area contributed by atoms with Gasteiger partial charge in [-0.25, -0.2) is 4.39 Å². The van der Waals surface area contributed by atoms with Crippen LogP contribution in [0.4, 0.5) is 4.39 Å². The summed E-state index contributed by atoms with van der Waals surface area (Å²) in [6.45, 7) is 0.992. The number of nitrogen functional groups attached to an aromatic ring is 1. The Morgan fingerprint density at radius 2 is 1.52 bits per heavy atom. The van der Waals surface area contributed by atoms with Gasteiger partial charge in [0.25, 0.3) is 17.6 Å². The molecule has 8 N–H and O–H groups in total. The summed E-state index contributed by atoms with van der Waals surface area (Å²) in [6.07, 6.45) is 1.26. The average molecular weight is 453 g/mol. The molecule has 2 amide bonds. The van der Waals surface area contributed by atoms with E-state index in [-0.39, 0.29) is 46.9 Å². The highest BCUT2D eigenvalue weighted by atomic mass is 19.1. The third-order valence-electron chi connectivity index (χ3n) is 5.39. The molecule has 0 atom stereocenters. The maximum absolute atomic E-state index is 14.4. The van der Waals surface area contributed by atoms with Gasteiger partial charge in [-0.1, -0.05) is 18.2 Å². The third-order valence-corrected chi connectivity index (χ3v) is 5.39. The van der Waals surface area contributed by atoms with Crippen molar-refractivity contribution in [1.29, 1.82) is 5.41 Å². The first-order valence-corrected chi connectivity index (χ1v) is 10.0. The normalized spacial score (nSPS) is 13.3. The Morgan fingerprint density at radius 3 is 2.12 bits per heavy atom. The minimum atomic E-state index is -0.853. The number of piperazine rings is 1. The number of halogens is 1. The lowest BCUT2D eigenvalue weighted by Crippen LogP contribution is -2.52. The third kappa shape index (κ3) is 4.59. The number of carbonyl (C=O) groups is 3. The van der Waals surface area contributed by atoms with Crippen molar-refractivity contribution < 1.29 is 18.8 Å². The van der Waals surface area contributed by atoms with E-state index < -0.39 is 17.5 Å². The number of nitrogens with two attached hydrogens (primary N) is 3. The number of nitrogens with one attached hydrogen (secondary N) is 2. The fraction of sp³-hybridized carbons (Fsp3) is 0.182. The molecule has 1 saturated heterocycles. The van der Waals surface area contributed by atoms with Crippen LogP contribution >= 0.6 is 0 Å². The molecule has 2 aromatic carbocycles. The maximum Gasteiger partial charge on any atom is 0.295 e. The molecule has 1 aromatic heterocycles. The lowest BCUT2D eigenvalue weighted by Gasteiger charge is -2.34. The quantitative estimate of drug-likeness (QED) is 0.0964. The number of hydrogen-bond acceptors (Lipinski definition) is 6. The van der Waals surface area contributed by atoms with Crippen LogP contribution in [0.25, 0.3) is 10.9 Å². The monoisotopic (exact) mass is 453 g/mol. The summed E-state index contributed by atoms with van der Waals surface area (Å²) in [4.78, 5) is 43.9. The fourth-order valence-corrected chi connectivity index (χ4v) is 3.75. The van der Waals surface area contributed by atoms with E-state index >= 15 is 0 Å². The highest BCUT2D eigenvalue weighted by molar-refractivity contribution is 6.45. The van der Waals surface area contributed by atoms with Gasteiger partial charge in [-0.15, -0.1) is 0 Å². The van der Waals surface area contributed by atoms with E-state index in [1.807, 2.05) is 6.07 Å². The summed E-state index contributed by atoms with van der Waals surface area (Å²) >= 11 is 0. The summed E-state index contributed by atoms with van der Waals surface area (Å²) in [6, 6.07) is 11.3. The van der Waals surface area contributed by atoms with Crippen LogP contribution in [0, 0.1) is 11.2 Å². The Balaban J connectivity index is 0.00000149. The Kier molecular flexibility index (Phi) is 7.16. The maximum atomic E-state index is 14.4. The van der Waals surface area contributed by atoms with E-state index in [0.29, 0.717) is 18.7 Å². The van der Waals surface area contributed by atoms with Gasteiger partial charge in [-0.05, 0) is 24.3 Å². The Labute approximate surface area is 188 Å². The number of benzene rings is 2. The minimum Gasteiger partial charge on any atom is -0.384 e. The lowest BCUT2D eigenvalue weighted by atomic mass is 10.0. The van der Waals surface area contributed by atoms with E-state index in [9.17, 15) is 18.8 Å². The van der Waals surface area contributed by atoms with E-state index in [0.717, 1.165) is 6.07 Å². The van der Waals surface area contributed by atoms with Crippen LogP contribution in [-0.2, 0) is 4.79 Å². The molecule has 1 fully saturated rings. The second-order valence-electron chi connectivity index (χ2n) is 7.24. The number of nitrogens with zero attached hydrogens (tertiary/aromatic N) is 2. The van der Waals surface area contributed by atoms with Crippen LogP contribution in [0.5, 0.6) is 0 Å². The molecule has 2 heterocycles. The van der Waals surface area contributed by atoms with Crippen molar-refractivity contribution in [3.63, 3.8) is 0 Å². The van der Waals surface area contributed by atoms with Crippen LogP contribution < -0.4 is 17.4 Å². The van der Waals surface area contributed by atoms with Crippen LogP contribution in [-0.4, -0.2) is 64.4 Å². The Morgan fingerprint density at radius 1 is 0.909 bits per heavy atom. The predicted octanol–water partition coefficient (Wildman–Crippen LogP) is 0.577. The second-order valence-corrected chi connectivity index (χ2v) is 7.24. The molecule has 0 aliphatic carbocycles. The first-order valence-electron chi connectivity index (χ1n) is 10.0. The number of hydrogen-bond donors (Lipinski definition) is 5. The zero-order chi connectivity index (χ0) is 24.1. The smallest absolute Gasteiger partial charge is 0.295 e. The highest BCUT2D eigenvalue weighted by Gasteiger charge is 2.31. The van der Waals surface area contributed by atoms with Crippen molar-refractivity contribution in [2.45, 2.75) is 0 Å². The van der Waals surface area contributed by atoms with Gasteiger partial charge in [-0.3, -0.25) is 31.5 Å². The van der Waals surface area contributed by atoms with Crippen molar-refractivity contribution in [2.24, 2.45) is 17.4 Å². The van der Waals surface area contributed by atoms with Crippen molar-refractivity contribution in [1.82, 2.24) is 14.8 Å². The molecular formula is C22H24FN7O3. The predicted molar refractivity (Wildman–Crippen MR) is 121 cm³/mol. The minimum absolute atomic E-state index is 0.0658. The van der Waals surface area contributed by atoms with E-state index in [2.05, 4.69) is 16.7 Å². The fourth-order valence-electron chi connectivity index (χ4n) is 3.75. The van der Waals surface area contributed by atoms with Crippen molar-refractivity contribution in [3.05, 3.63) is 71.2 Å². The van der Waals surface area contributed by atoms with Gasteiger partial charge < -0.3 is 20.5 Å². The topological polar surface area (TPSA) is 175 Å². The number of hydrazine groups is 1. The SMILES string of the molecule is N=C(N)c1ccc(F)c2c(C(=O)C(=O)N3CCN(C(=O)c4ccccc4)CC3)c[nH]c12.NN. The van der Waals surface area contributed by atoms with E-state index in [4.69, 9.17) is 11.1 Å². The summed E-state index contributed by atoms with van der Waals surface area (Å²) in [5.41, 5.74) is 6.42. The largest absolute Gasteiger partial charge is 0.384 e. The number of rotatable bonds is 4. The number of amidine groups is 1. The summed E-state index contributed by atoms with van der Waals surface area (Å²) < 4.78 is 14.4. The molecule has 10 nitrogen and oxygen atoms in total. The molecule has 1 aliphatic rings. The van der Waals surface area contributed by atoms with Gasteiger partial charge in [0.15, 0.2) is 0 Å². The van der Waals surface area contributed by atoms with Crippen LogP contribution in [0.15, 0.2) is 48.7 Å². The number of fused-ring (bicyclic) bond motifs is 1. The Bertz CT molecular complexity index is 1200. The van der Waals surface area contributed by atoms with E-state index in [1.54, 1.807) is 29.2 Å². The van der Waals surface area contributed by atoms with Gasteiger partial charge >= 0.3 is 0 Å². The van der Waals surface area contributed by atoms with E-state index in [1.165, 1.54) is 17.2 Å². The van der Waals surface area contributed by atoms with Gasteiger partial charge in [0.1, 0.15) is 11.7 Å². The van der Waals surface area contributed by atoms with Crippen LogP contribution in [0.1, 0.15) is 26.3 Å². The Hall–Kier alpha value is -4.09. The molecule has 11 heteroatoms. The second kappa shape index (κ2) is 10.0. The lowest BCUT2D eigenvalue weighted by molar-refractivity contribution is -0.127. The van der Waals surface area contributed by atoms with Crippen LogP contribution in [0.2, 0.25) is 0 Å². The molecule has 1 aliphatic heterocycles. The zero-order valence-electron chi connectivity index (χ0n) is 17.7. The zero-order valence-corrected chi connectivity index (χ0v) is 17.7. The average Bonchev–Trinajstić information content (AvgIpc) is 3.30. The first kappa shape index (κ1) is 23.6. The molecule has 3 aromatic rings. The summed E-state index contributed by atoms with van der Waals surface area (Å²) in [5.74, 6) is 5.29.